The van der Waals surface area contributed by atoms with E-state index in [0.717, 1.165) is 15.6 Å². The van der Waals surface area contributed by atoms with Crippen molar-refractivity contribution in [1.29, 1.82) is 0 Å². The van der Waals surface area contributed by atoms with Crippen molar-refractivity contribution in [3.63, 3.8) is 0 Å². The highest BCUT2D eigenvalue weighted by Gasteiger charge is 2.31. The van der Waals surface area contributed by atoms with E-state index in [1.54, 1.807) is 31.4 Å². The highest BCUT2D eigenvalue weighted by atomic mass is 79.9. The predicted molar refractivity (Wildman–Crippen MR) is 129 cm³/mol. The molecular formula is C24H16BrClN2O4. The fourth-order valence-electron chi connectivity index (χ4n) is 3.43. The standard InChI is InChI=1S/C24H16BrClN2O4/c1-32-23-10-7-15(12-19(23)25)11-17-13-21(16-5-3-2-4-6-16)27(24(17)29)18-8-9-20(26)22(14-18)28(30)31/h2-14H,1H3. The zero-order valence-electron chi connectivity index (χ0n) is 16.8. The average molecular weight is 512 g/mol. The Hall–Kier alpha value is -3.42. The van der Waals surface area contributed by atoms with Crippen LogP contribution in [0.3, 0.4) is 0 Å². The maximum Gasteiger partial charge on any atom is 0.289 e. The highest BCUT2D eigenvalue weighted by Crippen LogP contribution is 2.38. The molecule has 0 saturated heterocycles. The van der Waals surface area contributed by atoms with Crippen LogP contribution in [0.15, 0.2) is 82.9 Å². The summed E-state index contributed by atoms with van der Waals surface area (Å²) in [7, 11) is 1.58. The number of methoxy groups -OCH3 is 1. The number of amides is 1. The van der Waals surface area contributed by atoms with E-state index in [1.807, 2.05) is 42.5 Å². The number of nitro groups is 1. The Morgan fingerprint density at radius 1 is 1.09 bits per heavy atom. The number of ether oxygens (including phenoxy) is 1. The van der Waals surface area contributed by atoms with Crippen LogP contribution in [0.4, 0.5) is 11.4 Å². The predicted octanol–water partition coefficient (Wildman–Crippen LogP) is 6.49. The van der Waals surface area contributed by atoms with Crippen molar-refractivity contribution in [1.82, 2.24) is 0 Å². The van der Waals surface area contributed by atoms with Gasteiger partial charge in [-0.1, -0.05) is 48.0 Å². The lowest BCUT2D eigenvalue weighted by atomic mass is 10.1. The number of halogens is 2. The molecule has 0 fully saturated rings. The normalized spacial score (nSPS) is 14.6. The number of nitro benzene ring substituents is 1. The zero-order chi connectivity index (χ0) is 22.8. The summed E-state index contributed by atoms with van der Waals surface area (Å²) in [5, 5.41) is 11.4. The number of nitrogens with zero attached hydrogens (tertiary/aromatic N) is 2. The Labute approximate surface area is 197 Å². The van der Waals surface area contributed by atoms with Crippen LogP contribution >= 0.6 is 27.5 Å². The first kappa shape index (κ1) is 21.8. The summed E-state index contributed by atoms with van der Waals surface area (Å²) in [6.45, 7) is 0. The molecule has 1 aliphatic heterocycles. The quantitative estimate of drug-likeness (QED) is 0.223. The van der Waals surface area contributed by atoms with Gasteiger partial charge in [0.05, 0.1) is 27.9 Å². The number of hydrogen-bond donors (Lipinski definition) is 0. The van der Waals surface area contributed by atoms with Gasteiger partial charge in [-0.2, -0.15) is 0 Å². The van der Waals surface area contributed by atoms with Gasteiger partial charge in [0.15, 0.2) is 0 Å². The minimum atomic E-state index is -0.566. The van der Waals surface area contributed by atoms with Crippen LogP contribution in [0.2, 0.25) is 5.02 Å². The van der Waals surface area contributed by atoms with Crippen molar-refractivity contribution in [2.75, 3.05) is 12.0 Å². The molecule has 0 unspecified atom stereocenters. The van der Waals surface area contributed by atoms with E-state index >= 15 is 0 Å². The van der Waals surface area contributed by atoms with Crippen LogP contribution in [0.5, 0.6) is 5.75 Å². The Morgan fingerprint density at radius 3 is 2.50 bits per heavy atom. The largest absolute Gasteiger partial charge is 0.496 e. The molecule has 0 atom stereocenters. The summed E-state index contributed by atoms with van der Waals surface area (Å²) in [5.41, 5.74) is 2.76. The van der Waals surface area contributed by atoms with Gasteiger partial charge in [0.25, 0.3) is 11.6 Å². The lowest BCUT2D eigenvalue weighted by molar-refractivity contribution is -0.384. The molecule has 8 heteroatoms. The maximum atomic E-state index is 13.4. The zero-order valence-corrected chi connectivity index (χ0v) is 19.1. The second-order valence-corrected chi connectivity index (χ2v) is 8.18. The van der Waals surface area contributed by atoms with E-state index in [-0.39, 0.29) is 16.6 Å². The number of benzene rings is 3. The number of hydrogen-bond acceptors (Lipinski definition) is 4. The molecule has 0 aliphatic carbocycles. The van der Waals surface area contributed by atoms with Crippen LogP contribution in [0.1, 0.15) is 11.1 Å². The summed E-state index contributed by atoms with van der Waals surface area (Å²) in [4.78, 5) is 25.7. The third kappa shape index (κ3) is 4.17. The molecule has 0 N–H and O–H groups in total. The summed E-state index contributed by atoms with van der Waals surface area (Å²) in [5.74, 6) is 0.382. The summed E-state index contributed by atoms with van der Waals surface area (Å²) in [6.07, 6.45) is 3.54. The van der Waals surface area contributed by atoms with E-state index < -0.39 is 4.92 Å². The summed E-state index contributed by atoms with van der Waals surface area (Å²) in [6, 6.07) is 19.2. The van der Waals surface area contributed by atoms with E-state index in [9.17, 15) is 14.9 Å². The molecule has 32 heavy (non-hydrogen) atoms. The number of carbonyl (C=O) groups is 1. The molecule has 0 radical (unpaired) electrons. The average Bonchev–Trinajstić information content (AvgIpc) is 3.10. The van der Waals surface area contributed by atoms with E-state index in [1.165, 1.54) is 17.0 Å². The third-order valence-corrected chi connectivity index (χ3v) is 5.87. The molecule has 0 saturated carbocycles. The minimum Gasteiger partial charge on any atom is -0.496 e. The smallest absolute Gasteiger partial charge is 0.289 e. The van der Waals surface area contributed by atoms with Gasteiger partial charge < -0.3 is 4.74 Å². The molecule has 3 aromatic rings. The SMILES string of the molecule is COc1ccc(C=C2C=C(c3ccccc3)N(c3ccc(Cl)c([N+](=O)[O-])c3)C2=O)cc1Br. The van der Waals surface area contributed by atoms with Crippen LogP contribution in [-0.4, -0.2) is 17.9 Å². The van der Waals surface area contributed by atoms with Gasteiger partial charge >= 0.3 is 0 Å². The lowest BCUT2D eigenvalue weighted by Gasteiger charge is -2.21. The molecule has 160 valence electrons. The van der Waals surface area contributed by atoms with E-state index in [0.29, 0.717) is 22.7 Å². The van der Waals surface area contributed by atoms with Gasteiger partial charge in [-0.3, -0.25) is 19.8 Å². The van der Waals surface area contributed by atoms with Gasteiger partial charge in [-0.05, 0) is 63.5 Å². The van der Waals surface area contributed by atoms with Crippen LogP contribution < -0.4 is 9.64 Å². The van der Waals surface area contributed by atoms with Gasteiger partial charge in [-0.15, -0.1) is 0 Å². The molecule has 4 rings (SSSR count). The summed E-state index contributed by atoms with van der Waals surface area (Å²) < 4.78 is 6.02. The van der Waals surface area contributed by atoms with Crippen molar-refractivity contribution in [3.05, 3.63) is 109 Å². The number of anilines is 1. The van der Waals surface area contributed by atoms with Crippen molar-refractivity contribution >= 4 is 56.6 Å². The Kier molecular flexibility index (Phi) is 6.12. The molecule has 1 aliphatic rings. The van der Waals surface area contributed by atoms with Crippen LogP contribution in [-0.2, 0) is 4.79 Å². The van der Waals surface area contributed by atoms with Crippen molar-refractivity contribution in [2.45, 2.75) is 0 Å². The monoisotopic (exact) mass is 510 g/mol. The fourth-order valence-corrected chi connectivity index (χ4v) is 4.17. The molecular weight excluding hydrogens is 496 g/mol. The first-order chi connectivity index (χ1) is 15.4. The lowest BCUT2D eigenvalue weighted by Crippen LogP contribution is -2.25. The third-order valence-electron chi connectivity index (χ3n) is 4.94. The van der Waals surface area contributed by atoms with Crippen LogP contribution in [0, 0.1) is 10.1 Å². The van der Waals surface area contributed by atoms with Crippen molar-refractivity contribution < 1.29 is 14.5 Å². The van der Waals surface area contributed by atoms with Crippen molar-refractivity contribution in [3.8, 4) is 5.75 Å². The molecule has 6 nitrogen and oxygen atoms in total. The second-order valence-electron chi connectivity index (χ2n) is 6.92. The first-order valence-electron chi connectivity index (χ1n) is 9.50. The Balaban J connectivity index is 1.83. The van der Waals surface area contributed by atoms with Crippen molar-refractivity contribution in [2.24, 2.45) is 0 Å². The molecule has 0 bridgehead atoms. The second kappa shape index (κ2) is 8.98. The number of carbonyl (C=O) groups excluding carboxylic acids is 1. The molecule has 0 spiro atoms. The highest BCUT2D eigenvalue weighted by molar-refractivity contribution is 9.10. The van der Waals surface area contributed by atoms with Gasteiger partial charge in [0, 0.05) is 11.6 Å². The number of rotatable bonds is 5. The first-order valence-corrected chi connectivity index (χ1v) is 10.7. The summed E-state index contributed by atoms with van der Waals surface area (Å²) >= 11 is 9.43. The fraction of sp³-hybridized carbons (Fsp3) is 0.0417. The molecule has 1 heterocycles. The molecule has 1 amide bonds. The maximum absolute atomic E-state index is 13.4. The van der Waals surface area contributed by atoms with Gasteiger partial charge in [0.1, 0.15) is 10.8 Å². The minimum absolute atomic E-state index is 0.00878. The Morgan fingerprint density at radius 2 is 1.84 bits per heavy atom. The van der Waals surface area contributed by atoms with E-state index in [4.69, 9.17) is 16.3 Å². The van der Waals surface area contributed by atoms with E-state index in [2.05, 4.69) is 15.9 Å². The molecule has 0 aromatic heterocycles. The topological polar surface area (TPSA) is 72.7 Å². The van der Waals surface area contributed by atoms with Gasteiger partial charge in [-0.25, -0.2) is 0 Å². The molecule has 3 aromatic carbocycles. The van der Waals surface area contributed by atoms with Gasteiger partial charge in [0.2, 0.25) is 0 Å². The Bertz CT molecular complexity index is 1290. The van der Waals surface area contributed by atoms with Crippen LogP contribution in [0.25, 0.3) is 11.8 Å².